The van der Waals surface area contributed by atoms with Gasteiger partial charge < -0.3 is 35.7 Å². The summed E-state index contributed by atoms with van der Waals surface area (Å²) in [7, 11) is 0. The van der Waals surface area contributed by atoms with Crippen LogP contribution in [0.5, 0.6) is 0 Å². The summed E-state index contributed by atoms with van der Waals surface area (Å²) in [5.41, 5.74) is -3.60. The predicted molar refractivity (Wildman–Crippen MR) is 97.4 cm³/mol. The summed E-state index contributed by atoms with van der Waals surface area (Å²) in [6.45, 7) is 10.3. The Kier molecular flexibility index (Phi) is 4.72. The molecule has 0 aromatic carbocycles. The van der Waals surface area contributed by atoms with E-state index in [0.29, 0.717) is 5.57 Å². The van der Waals surface area contributed by atoms with Crippen molar-refractivity contribution in [3.05, 3.63) is 23.3 Å². The first-order valence-corrected chi connectivity index (χ1v) is 9.43. The molecule has 3 rings (SSSR count). The minimum absolute atomic E-state index is 0.0925. The van der Waals surface area contributed by atoms with E-state index in [2.05, 4.69) is 6.58 Å². The summed E-state index contributed by atoms with van der Waals surface area (Å²) < 4.78 is 0. The quantitative estimate of drug-likeness (QED) is 0.272. The molecular weight excluding hydrogens is 352 g/mol. The third kappa shape index (κ3) is 2.40. The Morgan fingerprint density at radius 1 is 0.926 bits per heavy atom. The molecule has 0 aromatic heterocycles. The second-order valence-corrected chi connectivity index (χ2v) is 9.39. The average Bonchev–Trinajstić information content (AvgIpc) is 2.56. The molecule has 0 aliphatic heterocycles. The highest BCUT2D eigenvalue weighted by Gasteiger charge is 2.67. The first-order chi connectivity index (χ1) is 12.2. The molecule has 0 heterocycles. The zero-order chi connectivity index (χ0) is 20.7. The molecule has 0 radical (unpaired) electrons. The second kappa shape index (κ2) is 6.10. The fourth-order valence-corrected chi connectivity index (χ4v) is 5.83. The van der Waals surface area contributed by atoms with E-state index in [1.54, 1.807) is 20.8 Å². The van der Waals surface area contributed by atoms with Crippen LogP contribution in [-0.2, 0) is 0 Å². The van der Waals surface area contributed by atoms with Crippen LogP contribution < -0.4 is 0 Å². The van der Waals surface area contributed by atoms with Crippen LogP contribution in [0.2, 0.25) is 0 Å². The van der Waals surface area contributed by atoms with Crippen molar-refractivity contribution in [2.75, 3.05) is 0 Å². The Morgan fingerprint density at radius 2 is 1.48 bits per heavy atom. The van der Waals surface area contributed by atoms with Gasteiger partial charge in [-0.25, -0.2) is 0 Å². The highest BCUT2D eigenvalue weighted by Crippen LogP contribution is 2.60. The SMILES string of the molecule is C=C1[C@@H](O)C[C@H](O)[C@@]2(C)[C@@H](O)[C@H](O)C3=C(C)[C@@H](O)C[C@@](O)([C@@H](O)[C@H]12)C3(C)C. The molecule has 2 saturated carbocycles. The molecule has 7 N–H and O–H groups in total. The first kappa shape index (κ1) is 20.9. The molecule has 154 valence electrons. The van der Waals surface area contributed by atoms with Crippen molar-refractivity contribution in [3.8, 4) is 0 Å². The average molecular weight is 384 g/mol. The van der Waals surface area contributed by atoms with E-state index in [9.17, 15) is 35.7 Å². The van der Waals surface area contributed by atoms with E-state index in [1.807, 2.05) is 0 Å². The maximum absolute atomic E-state index is 11.6. The maximum atomic E-state index is 11.6. The lowest BCUT2D eigenvalue weighted by molar-refractivity contribution is -0.242. The van der Waals surface area contributed by atoms with Gasteiger partial charge in [0.25, 0.3) is 0 Å². The number of aliphatic hydroxyl groups is 7. The van der Waals surface area contributed by atoms with Gasteiger partial charge in [-0.3, -0.25) is 0 Å². The fourth-order valence-electron chi connectivity index (χ4n) is 5.83. The van der Waals surface area contributed by atoms with E-state index < -0.39 is 59.0 Å². The van der Waals surface area contributed by atoms with Gasteiger partial charge in [0.1, 0.15) is 11.7 Å². The summed E-state index contributed by atoms with van der Waals surface area (Å²) in [5.74, 6) is -1.09. The van der Waals surface area contributed by atoms with Crippen molar-refractivity contribution in [3.63, 3.8) is 0 Å². The van der Waals surface area contributed by atoms with Gasteiger partial charge in [-0.1, -0.05) is 27.4 Å². The van der Waals surface area contributed by atoms with Crippen LogP contribution in [-0.4, -0.2) is 78.0 Å². The minimum Gasteiger partial charge on any atom is -0.392 e. The highest BCUT2D eigenvalue weighted by molar-refractivity contribution is 5.40. The van der Waals surface area contributed by atoms with Crippen LogP contribution in [0.15, 0.2) is 23.3 Å². The van der Waals surface area contributed by atoms with E-state index in [0.717, 1.165) is 0 Å². The molecule has 0 amide bonds. The zero-order valence-electron chi connectivity index (χ0n) is 16.3. The third-order valence-corrected chi connectivity index (χ3v) is 7.88. The lowest BCUT2D eigenvalue weighted by Gasteiger charge is -2.62. The summed E-state index contributed by atoms with van der Waals surface area (Å²) in [4.78, 5) is 0. The highest BCUT2D eigenvalue weighted by atomic mass is 16.4. The maximum Gasteiger partial charge on any atom is 0.103 e. The van der Waals surface area contributed by atoms with E-state index >= 15 is 0 Å². The molecule has 27 heavy (non-hydrogen) atoms. The molecular formula is C20H32O7. The summed E-state index contributed by atoms with van der Waals surface area (Å²) >= 11 is 0. The summed E-state index contributed by atoms with van der Waals surface area (Å²) in [6, 6.07) is 0. The van der Waals surface area contributed by atoms with Crippen molar-refractivity contribution in [2.45, 2.75) is 82.8 Å². The molecule has 2 fully saturated rings. The lowest BCUT2D eigenvalue weighted by Crippen LogP contribution is -2.71. The first-order valence-electron chi connectivity index (χ1n) is 9.43. The van der Waals surface area contributed by atoms with Crippen molar-refractivity contribution in [1.29, 1.82) is 0 Å². The number of hydrogen-bond donors (Lipinski definition) is 7. The van der Waals surface area contributed by atoms with Crippen molar-refractivity contribution < 1.29 is 35.7 Å². The van der Waals surface area contributed by atoms with Gasteiger partial charge in [-0.05, 0) is 23.6 Å². The molecule has 0 aromatic rings. The van der Waals surface area contributed by atoms with Crippen LogP contribution >= 0.6 is 0 Å². The lowest BCUT2D eigenvalue weighted by atomic mass is 9.47. The van der Waals surface area contributed by atoms with Crippen LogP contribution in [0.25, 0.3) is 0 Å². The second-order valence-electron chi connectivity index (χ2n) is 9.39. The predicted octanol–water partition coefficient (Wildman–Crippen LogP) is -0.775. The number of fused-ring (bicyclic) bond motifs is 3. The fraction of sp³-hybridized carbons (Fsp3) is 0.800. The molecule has 3 aliphatic rings. The Balaban J connectivity index is 2.33. The number of rotatable bonds is 0. The Hall–Kier alpha value is -0.800. The van der Waals surface area contributed by atoms with Crippen molar-refractivity contribution >= 4 is 0 Å². The largest absolute Gasteiger partial charge is 0.392 e. The smallest absolute Gasteiger partial charge is 0.103 e. The molecule has 3 aliphatic carbocycles. The van der Waals surface area contributed by atoms with Gasteiger partial charge in [-0.2, -0.15) is 0 Å². The third-order valence-electron chi connectivity index (χ3n) is 7.88. The summed E-state index contributed by atoms with van der Waals surface area (Å²) in [6.07, 6.45) is -8.24. The van der Waals surface area contributed by atoms with E-state index in [4.69, 9.17) is 0 Å². The molecule has 9 atom stereocenters. The van der Waals surface area contributed by atoms with Gasteiger partial charge >= 0.3 is 0 Å². The minimum atomic E-state index is -1.87. The summed E-state index contributed by atoms with van der Waals surface area (Å²) in [5, 5.41) is 76.7. The number of hydrogen-bond acceptors (Lipinski definition) is 7. The van der Waals surface area contributed by atoms with Gasteiger partial charge in [0.05, 0.1) is 30.5 Å². The molecule has 2 bridgehead atoms. The molecule has 0 saturated heterocycles. The molecule has 0 unspecified atom stereocenters. The van der Waals surface area contributed by atoms with Crippen molar-refractivity contribution in [2.24, 2.45) is 16.7 Å². The van der Waals surface area contributed by atoms with Crippen LogP contribution in [0, 0.1) is 16.7 Å². The van der Waals surface area contributed by atoms with Gasteiger partial charge in [-0.15, -0.1) is 0 Å². The van der Waals surface area contributed by atoms with Crippen molar-refractivity contribution in [1.82, 2.24) is 0 Å². The van der Waals surface area contributed by atoms with E-state index in [-0.39, 0.29) is 24.0 Å². The Bertz CT molecular complexity index is 686. The Morgan fingerprint density at radius 3 is 2.04 bits per heavy atom. The normalized spacial score (nSPS) is 52.9. The zero-order valence-corrected chi connectivity index (χ0v) is 16.3. The van der Waals surface area contributed by atoms with Crippen LogP contribution in [0.4, 0.5) is 0 Å². The van der Waals surface area contributed by atoms with Crippen LogP contribution in [0.1, 0.15) is 40.5 Å². The number of aliphatic hydroxyl groups excluding tert-OH is 6. The molecule has 7 heteroatoms. The van der Waals surface area contributed by atoms with Crippen LogP contribution in [0.3, 0.4) is 0 Å². The topological polar surface area (TPSA) is 142 Å². The van der Waals surface area contributed by atoms with E-state index in [1.165, 1.54) is 6.92 Å². The van der Waals surface area contributed by atoms with Gasteiger partial charge in [0.15, 0.2) is 0 Å². The standard InChI is InChI=1S/C20H32O7/c1-8-10(21)6-12(23)19(5)14(8)16(25)20(27)7-11(22)9(2)13(18(20,3)4)15(24)17(19)26/h10-12,14-17,21-27H,1,6-7H2,2-5H3/t10-,11-,12-,14-,15+,16-,17-,19+,20+/m0/s1. The Labute approximate surface area is 159 Å². The monoisotopic (exact) mass is 384 g/mol. The molecule has 7 nitrogen and oxygen atoms in total. The molecule has 0 spiro atoms. The van der Waals surface area contributed by atoms with Gasteiger partial charge in [0.2, 0.25) is 0 Å². The van der Waals surface area contributed by atoms with Gasteiger partial charge in [0, 0.05) is 29.6 Å².